The Morgan fingerprint density at radius 1 is 1.00 bits per heavy atom. The summed E-state index contributed by atoms with van der Waals surface area (Å²) in [5, 5.41) is 0. The van der Waals surface area contributed by atoms with Crippen LogP contribution in [-0.4, -0.2) is 0 Å². The van der Waals surface area contributed by atoms with Crippen LogP contribution in [0.15, 0.2) is 46.9 Å². The van der Waals surface area contributed by atoms with Crippen molar-refractivity contribution in [3.8, 4) is 0 Å². The Hall–Kier alpha value is -1.12. The Morgan fingerprint density at radius 2 is 1.71 bits per heavy atom. The van der Waals surface area contributed by atoms with Crippen molar-refractivity contribution in [2.24, 2.45) is 5.73 Å². The van der Waals surface area contributed by atoms with Gasteiger partial charge in [-0.1, -0.05) is 57.9 Å². The SMILES string of the molecule is Cc1cccc(C(N)c2ccc(C)c(Br)c2)c1. The third kappa shape index (κ3) is 2.76. The topological polar surface area (TPSA) is 26.0 Å². The van der Waals surface area contributed by atoms with Crippen LogP contribution in [0.1, 0.15) is 28.3 Å². The van der Waals surface area contributed by atoms with E-state index < -0.39 is 0 Å². The maximum absolute atomic E-state index is 6.28. The van der Waals surface area contributed by atoms with Crippen molar-refractivity contribution in [3.63, 3.8) is 0 Å². The van der Waals surface area contributed by atoms with Gasteiger partial charge in [-0.3, -0.25) is 0 Å². The lowest BCUT2D eigenvalue weighted by molar-refractivity contribution is 0.868. The Morgan fingerprint density at radius 3 is 2.35 bits per heavy atom. The summed E-state index contributed by atoms with van der Waals surface area (Å²) in [4.78, 5) is 0. The van der Waals surface area contributed by atoms with E-state index in [4.69, 9.17) is 5.73 Å². The molecule has 0 bridgehead atoms. The van der Waals surface area contributed by atoms with Gasteiger partial charge in [0.15, 0.2) is 0 Å². The molecule has 0 aliphatic heterocycles. The summed E-state index contributed by atoms with van der Waals surface area (Å²) in [5.41, 5.74) is 11.0. The highest BCUT2D eigenvalue weighted by Crippen LogP contribution is 2.25. The predicted molar refractivity (Wildman–Crippen MR) is 76.1 cm³/mol. The minimum absolute atomic E-state index is 0.0631. The van der Waals surface area contributed by atoms with Crippen LogP contribution >= 0.6 is 15.9 Å². The summed E-state index contributed by atoms with van der Waals surface area (Å²) in [6, 6.07) is 14.6. The van der Waals surface area contributed by atoms with E-state index >= 15 is 0 Å². The molecular formula is C15H16BrN. The van der Waals surface area contributed by atoms with Crippen LogP contribution in [0.3, 0.4) is 0 Å². The van der Waals surface area contributed by atoms with Crippen molar-refractivity contribution in [1.82, 2.24) is 0 Å². The third-order valence-corrected chi connectivity index (χ3v) is 3.81. The maximum Gasteiger partial charge on any atom is 0.0552 e. The van der Waals surface area contributed by atoms with Gasteiger partial charge in [-0.05, 0) is 36.6 Å². The second-order valence-corrected chi connectivity index (χ2v) is 5.25. The zero-order valence-electron chi connectivity index (χ0n) is 10.1. The average molecular weight is 290 g/mol. The molecule has 0 saturated carbocycles. The van der Waals surface area contributed by atoms with Gasteiger partial charge in [-0.2, -0.15) is 0 Å². The highest BCUT2D eigenvalue weighted by atomic mass is 79.9. The van der Waals surface area contributed by atoms with Crippen LogP contribution in [0.4, 0.5) is 0 Å². The Labute approximate surface area is 111 Å². The van der Waals surface area contributed by atoms with Gasteiger partial charge in [0.1, 0.15) is 0 Å². The maximum atomic E-state index is 6.28. The molecule has 0 spiro atoms. The molecule has 0 radical (unpaired) electrons. The number of halogens is 1. The van der Waals surface area contributed by atoms with Gasteiger partial charge in [0.25, 0.3) is 0 Å². The van der Waals surface area contributed by atoms with Crippen molar-refractivity contribution < 1.29 is 0 Å². The molecule has 0 aromatic heterocycles. The van der Waals surface area contributed by atoms with E-state index in [1.807, 2.05) is 6.07 Å². The minimum Gasteiger partial charge on any atom is -0.320 e. The van der Waals surface area contributed by atoms with E-state index in [1.165, 1.54) is 11.1 Å². The molecule has 2 heteroatoms. The summed E-state index contributed by atoms with van der Waals surface area (Å²) in [5.74, 6) is 0. The number of nitrogens with two attached hydrogens (primary N) is 1. The van der Waals surface area contributed by atoms with Crippen molar-refractivity contribution >= 4 is 15.9 Å². The molecule has 0 aliphatic rings. The normalized spacial score (nSPS) is 12.5. The fraction of sp³-hybridized carbons (Fsp3) is 0.200. The summed E-state index contributed by atoms with van der Waals surface area (Å²) in [6.45, 7) is 4.16. The standard InChI is InChI=1S/C15H16BrN/c1-10-4-3-5-12(8-10)15(17)13-7-6-11(2)14(16)9-13/h3-9,15H,17H2,1-2H3. The molecule has 1 unspecified atom stereocenters. The van der Waals surface area contributed by atoms with Gasteiger partial charge >= 0.3 is 0 Å². The highest BCUT2D eigenvalue weighted by Gasteiger charge is 2.09. The Balaban J connectivity index is 2.36. The Bertz CT molecular complexity index is 534. The van der Waals surface area contributed by atoms with E-state index in [0.717, 1.165) is 15.6 Å². The number of benzene rings is 2. The average Bonchev–Trinajstić information content (AvgIpc) is 2.32. The van der Waals surface area contributed by atoms with E-state index in [9.17, 15) is 0 Å². The molecule has 0 heterocycles. The van der Waals surface area contributed by atoms with Crippen LogP contribution in [0.25, 0.3) is 0 Å². The minimum atomic E-state index is -0.0631. The molecule has 1 atom stereocenters. The van der Waals surface area contributed by atoms with Crippen LogP contribution < -0.4 is 5.73 Å². The Kier molecular flexibility index (Phi) is 3.65. The lowest BCUT2D eigenvalue weighted by Crippen LogP contribution is -2.12. The zero-order valence-corrected chi connectivity index (χ0v) is 11.7. The van der Waals surface area contributed by atoms with E-state index in [-0.39, 0.29) is 6.04 Å². The first-order valence-electron chi connectivity index (χ1n) is 5.66. The molecule has 1 nitrogen and oxygen atoms in total. The lowest BCUT2D eigenvalue weighted by atomic mass is 9.97. The molecule has 2 rings (SSSR count). The zero-order chi connectivity index (χ0) is 12.4. The molecule has 88 valence electrons. The molecular weight excluding hydrogens is 274 g/mol. The van der Waals surface area contributed by atoms with Gasteiger partial charge in [0.2, 0.25) is 0 Å². The van der Waals surface area contributed by atoms with E-state index in [2.05, 4.69) is 66.2 Å². The van der Waals surface area contributed by atoms with Crippen molar-refractivity contribution in [3.05, 3.63) is 69.2 Å². The van der Waals surface area contributed by atoms with E-state index in [0.29, 0.717) is 0 Å². The lowest BCUT2D eigenvalue weighted by Gasteiger charge is -2.14. The predicted octanol–water partition coefficient (Wildman–Crippen LogP) is 4.11. The fourth-order valence-electron chi connectivity index (χ4n) is 1.86. The number of rotatable bonds is 2. The smallest absolute Gasteiger partial charge is 0.0552 e. The van der Waals surface area contributed by atoms with Gasteiger partial charge in [-0.25, -0.2) is 0 Å². The first-order chi connectivity index (χ1) is 8.08. The quantitative estimate of drug-likeness (QED) is 0.884. The van der Waals surface area contributed by atoms with Crippen LogP contribution in [0.5, 0.6) is 0 Å². The molecule has 2 aromatic rings. The van der Waals surface area contributed by atoms with Crippen LogP contribution in [-0.2, 0) is 0 Å². The molecule has 0 saturated heterocycles. The van der Waals surface area contributed by atoms with Crippen molar-refractivity contribution in [2.45, 2.75) is 19.9 Å². The molecule has 2 N–H and O–H groups in total. The van der Waals surface area contributed by atoms with Crippen LogP contribution in [0, 0.1) is 13.8 Å². The number of hydrogen-bond acceptors (Lipinski definition) is 1. The second kappa shape index (κ2) is 5.03. The molecule has 0 fully saturated rings. The largest absolute Gasteiger partial charge is 0.320 e. The molecule has 0 amide bonds. The van der Waals surface area contributed by atoms with E-state index in [1.54, 1.807) is 0 Å². The van der Waals surface area contributed by atoms with Gasteiger partial charge in [-0.15, -0.1) is 0 Å². The van der Waals surface area contributed by atoms with Crippen molar-refractivity contribution in [2.75, 3.05) is 0 Å². The third-order valence-electron chi connectivity index (χ3n) is 2.96. The fourth-order valence-corrected chi connectivity index (χ4v) is 2.26. The summed E-state index contributed by atoms with van der Waals surface area (Å²) >= 11 is 3.55. The first-order valence-corrected chi connectivity index (χ1v) is 6.45. The van der Waals surface area contributed by atoms with Gasteiger partial charge in [0, 0.05) is 4.47 Å². The number of aryl methyl sites for hydroxylation is 2. The van der Waals surface area contributed by atoms with Gasteiger partial charge < -0.3 is 5.73 Å². The molecule has 17 heavy (non-hydrogen) atoms. The molecule has 2 aromatic carbocycles. The summed E-state index contributed by atoms with van der Waals surface area (Å²) in [6.07, 6.45) is 0. The van der Waals surface area contributed by atoms with Gasteiger partial charge in [0.05, 0.1) is 6.04 Å². The first kappa shape index (κ1) is 12.3. The summed E-state index contributed by atoms with van der Waals surface area (Å²) in [7, 11) is 0. The van der Waals surface area contributed by atoms with Crippen LogP contribution in [0.2, 0.25) is 0 Å². The monoisotopic (exact) mass is 289 g/mol. The summed E-state index contributed by atoms with van der Waals surface area (Å²) < 4.78 is 1.11. The highest BCUT2D eigenvalue weighted by molar-refractivity contribution is 9.10. The number of hydrogen-bond donors (Lipinski definition) is 1. The molecule has 0 aliphatic carbocycles. The second-order valence-electron chi connectivity index (χ2n) is 4.40. The van der Waals surface area contributed by atoms with Crippen molar-refractivity contribution in [1.29, 1.82) is 0 Å².